The third kappa shape index (κ3) is 2.55. The highest BCUT2D eigenvalue weighted by molar-refractivity contribution is 5.79. The van der Waals surface area contributed by atoms with E-state index >= 15 is 0 Å². The smallest absolute Gasteiger partial charge is 0.0458 e. The van der Waals surface area contributed by atoms with Crippen LogP contribution in [0.4, 0.5) is 11.4 Å². The number of nitrogens with two attached hydrogens (primary N) is 2. The van der Waals surface area contributed by atoms with E-state index in [1.807, 2.05) is 30.3 Å². The third-order valence-electron chi connectivity index (χ3n) is 2.63. The highest BCUT2D eigenvalue weighted by Crippen LogP contribution is 2.27. The molecule has 0 aliphatic rings. The SMILES string of the molecule is Nc1ccc(N)c(-c2ccc(CNO)cc2)c1. The summed E-state index contributed by atoms with van der Waals surface area (Å²) in [6.45, 7) is 0.423. The lowest BCUT2D eigenvalue weighted by molar-refractivity contribution is 0.161. The van der Waals surface area contributed by atoms with Gasteiger partial charge < -0.3 is 16.7 Å². The maximum atomic E-state index is 8.60. The summed E-state index contributed by atoms with van der Waals surface area (Å²) in [5.74, 6) is 0. The van der Waals surface area contributed by atoms with Crippen LogP contribution < -0.4 is 16.9 Å². The average molecular weight is 229 g/mol. The monoisotopic (exact) mass is 229 g/mol. The molecule has 0 radical (unpaired) electrons. The molecule has 4 heteroatoms. The number of anilines is 2. The van der Waals surface area contributed by atoms with Gasteiger partial charge in [-0.1, -0.05) is 24.3 Å². The highest BCUT2D eigenvalue weighted by Gasteiger charge is 2.03. The Hall–Kier alpha value is -2.04. The third-order valence-corrected chi connectivity index (χ3v) is 2.63. The van der Waals surface area contributed by atoms with Crippen LogP contribution in [0.2, 0.25) is 0 Å². The van der Waals surface area contributed by atoms with Gasteiger partial charge >= 0.3 is 0 Å². The van der Waals surface area contributed by atoms with E-state index in [4.69, 9.17) is 16.7 Å². The van der Waals surface area contributed by atoms with Crippen LogP contribution in [0.3, 0.4) is 0 Å². The van der Waals surface area contributed by atoms with Crippen molar-refractivity contribution in [3.63, 3.8) is 0 Å². The van der Waals surface area contributed by atoms with Crippen molar-refractivity contribution < 1.29 is 5.21 Å². The van der Waals surface area contributed by atoms with Gasteiger partial charge in [0.25, 0.3) is 0 Å². The Bertz CT molecular complexity index is 509. The fourth-order valence-corrected chi connectivity index (χ4v) is 1.72. The van der Waals surface area contributed by atoms with Crippen LogP contribution in [0.5, 0.6) is 0 Å². The van der Waals surface area contributed by atoms with Crippen LogP contribution in [-0.2, 0) is 6.54 Å². The summed E-state index contributed by atoms with van der Waals surface area (Å²) in [7, 11) is 0. The molecule has 0 fully saturated rings. The van der Waals surface area contributed by atoms with Crippen molar-refractivity contribution in [3.05, 3.63) is 48.0 Å². The van der Waals surface area contributed by atoms with Crippen molar-refractivity contribution in [2.24, 2.45) is 0 Å². The van der Waals surface area contributed by atoms with E-state index in [9.17, 15) is 0 Å². The van der Waals surface area contributed by atoms with Crippen molar-refractivity contribution in [1.29, 1.82) is 0 Å². The van der Waals surface area contributed by atoms with Gasteiger partial charge in [-0.15, -0.1) is 0 Å². The Balaban J connectivity index is 2.36. The molecule has 0 unspecified atom stereocenters. The van der Waals surface area contributed by atoms with Gasteiger partial charge in [-0.2, -0.15) is 0 Å². The van der Waals surface area contributed by atoms with E-state index in [2.05, 4.69) is 5.48 Å². The zero-order valence-electron chi connectivity index (χ0n) is 9.35. The fraction of sp³-hybridized carbons (Fsp3) is 0.0769. The van der Waals surface area contributed by atoms with Gasteiger partial charge in [-0.25, -0.2) is 5.48 Å². The molecule has 0 saturated carbocycles. The lowest BCUT2D eigenvalue weighted by Gasteiger charge is -2.08. The second-order valence-corrected chi connectivity index (χ2v) is 3.88. The first-order valence-electron chi connectivity index (χ1n) is 5.32. The van der Waals surface area contributed by atoms with E-state index < -0.39 is 0 Å². The van der Waals surface area contributed by atoms with Crippen LogP contribution in [0.25, 0.3) is 11.1 Å². The molecule has 0 aliphatic heterocycles. The predicted octanol–water partition coefficient (Wildman–Crippen LogP) is 2.00. The molecule has 88 valence electrons. The molecule has 0 heterocycles. The predicted molar refractivity (Wildman–Crippen MR) is 69.3 cm³/mol. The minimum absolute atomic E-state index is 0.423. The minimum Gasteiger partial charge on any atom is -0.399 e. The number of benzene rings is 2. The summed E-state index contributed by atoms with van der Waals surface area (Å²) in [6.07, 6.45) is 0. The van der Waals surface area contributed by atoms with Crippen LogP contribution in [-0.4, -0.2) is 5.21 Å². The van der Waals surface area contributed by atoms with Crippen molar-refractivity contribution in [3.8, 4) is 11.1 Å². The van der Waals surface area contributed by atoms with Gasteiger partial charge in [-0.05, 0) is 29.3 Å². The van der Waals surface area contributed by atoms with Crippen molar-refractivity contribution >= 4 is 11.4 Å². The first-order chi connectivity index (χ1) is 8.20. The molecule has 4 nitrogen and oxygen atoms in total. The molecule has 0 atom stereocenters. The lowest BCUT2D eigenvalue weighted by atomic mass is 10.0. The second-order valence-electron chi connectivity index (χ2n) is 3.88. The van der Waals surface area contributed by atoms with Crippen LogP contribution in [0.15, 0.2) is 42.5 Å². The van der Waals surface area contributed by atoms with E-state index in [1.165, 1.54) is 0 Å². The van der Waals surface area contributed by atoms with E-state index in [-0.39, 0.29) is 0 Å². The van der Waals surface area contributed by atoms with Gasteiger partial charge in [0.2, 0.25) is 0 Å². The molecule has 0 aromatic heterocycles. The number of hydrogen-bond donors (Lipinski definition) is 4. The van der Waals surface area contributed by atoms with E-state index in [0.717, 1.165) is 16.7 Å². The Morgan fingerprint density at radius 1 is 1.00 bits per heavy atom. The van der Waals surface area contributed by atoms with Gasteiger partial charge in [-0.3, -0.25) is 0 Å². The van der Waals surface area contributed by atoms with Gasteiger partial charge in [0.15, 0.2) is 0 Å². The number of rotatable bonds is 3. The first kappa shape index (κ1) is 11.4. The topological polar surface area (TPSA) is 84.3 Å². The first-order valence-corrected chi connectivity index (χ1v) is 5.32. The zero-order chi connectivity index (χ0) is 12.3. The Kier molecular flexibility index (Phi) is 3.27. The van der Waals surface area contributed by atoms with Crippen LogP contribution in [0.1, 0.15) is 5.56 Å². The summed E-state index contributed by atoms with van der Waals surface area (Å²) < 4.78 is 0. The van der Waals surface area contributed by atoms with Crippen molar-refractivity contribution in [1.82, 2.24) is 5.48 Å². The number of nitrogens with one attached hydrogen (secondary N) is 1. The van der Waals surface area contributed by atoms with Gasteiger partial charge in [0, 0.05) is 23.5 Å². The lowest BCUT2D eigenvalue weighted by Crippen LogP contribution is -2.05. The Morgan fingerprint density at radius 3 is 2.35 bits per heavy atom. The van der Waals surface area contributed by atoms with Gasteiger partial charge in [0.1, 0.15) is 0 Å². The second kappa shape index (κ2) is 4.86. The molecule has 0 saturated heterocycles. The van der Waals surface area contributed by atoms with Crippen molar-refractivity contribution in [2.45, 2.75) is 6.54 Å². The molecule has 0 bridgehead atoms. The molecular weight excluding hydrogens is 214 g/mol. The number of nitrogen functional groups attached to an aromatic ring is 2. The largest absolute Gasteiger partial charge is 0.399 e. The standard InChI is InChI=1S/C13H15N3O/c14-11-5-6-13(15)12(7-11)10-3-1-9(2-4-10)8-16-17/h1-7,16-17H,8,14-15H2. The maximum absolute atomic E-state index is 8.60. The van der Waals surface area contributed by atoms with Crippen LogP contribution >= 0.6 is 0 Å². The summed E-state index contributed by atoms with van der Waals surface area (Å²) in [5, 5.41) is 8.60. The summed E-state index contributed by atoms with van der Waals surface area (Å²) in [6, 6.07) is 13.2. The highest BCUT2D eigenvalue weighted by atomic mass is 16.5. The number of hydrogen-bond acceptors (Lipinski definition) is 4. The summed E-state index contributed by atoms with van der Waals surface area (Å²) >= 11 is 0. The molecule has 2 aromatic rings. The molecule has 0 aliphatic carbocycles. The molecule has 6 N–H and O–H groups in total. The van der Waals surface area contributed by atoms with Crippen LogP contribution in [0, 0.1) is 0 Å². The average Bonchev–Trinajstić information content (AvgIpc) is 2.34. The molecule has 2 aromatic carbocycles. The summed E-state index contributed by atoms with van der Waals surface area (Å²) in [5.41, 5.74) is 18.1. The van der Waals surface area contributed by atoms with Gasteiger partial charge in [0.05, 0.1) is 0 Å². The Labute approximate surface area is 99.8 Å². The quantitative estimate of drug-likeness (QED) is 0.479. The molecule has 0 spiro atoms. The molecule has 2 rings (SSSR count). The summed E-state index contributed by atoms with van der Waals surface area (Å²) in [4.78, 5) is 0. The fourth-order valence-electron chi connectivity index (χ4n) is 1.72. The van der Waals surface area contributed by atoms with E-state index in [0.29, 0.717) is 17.9 Å². The van der Waals surface area contributed by atoms with E-state index in [1.54, 1.807) is 12.1 Å². The minimum atomic E-state index is 0.423. The van der Waals surface area contributed by atoms with Crippen molar-refractivity contribution in [2.75, 3.05) is 11.5 Å². The Morgan fingerprint density at radius 2 is 1.71 bits per heavy atom. The zero-order valence-corrected chi connectivity index (χ0v) is 9.35. The normalized spacial score (nSPS) is 10.4. The molecule has 17 heavy (non-hydrogen) atoms. The maximum Gasteiger partial charge on any atom is 0.0458 e. The molecular formula is C13H15N3O. The molecule has 0 amide bonds. The number of hydroxylamine groups is 1.